The number of allylic oxidation sites excluding steroid dienone is 2. The number of Topliss-reactive ketones (excluding diaryl/α,β-unsaturated/α-hetero) is 1. The molecule has 2 aliphatic heterocycles. The number of benzene rings is 2. The molecule has 172 valence electrons. The van der Waals surface area contributed by atoms with Crippen LogP contribution in [0.3, 0.4) is 0 Å². The molecule has 1 N–H and O–H groups in total. The van der Waals surface area contributed by atoms with Crippen LogP contribution in [0.4, 0.5) is 5.69 Å². The third-order valence-corrected chi connectivity index (χ3v) is 6.80. The molecule has 2 atom stereocenters. The van der Waals surface area contributed by atoms with Crippen molar-refractivity contribution in [1.82, 2.24) is 4.98 Å². The molecule has 3 aromatic rings. The minimum atomic E-state index is -0.263. The number of fused-ring (bicyclic) bond motifs is 2. The molecular formula is C27H24N2O5. The lowest BCUT2D eigenvalue weighted by Gasteiger charge is -2.36. The molecule has 0 radical (unpaired) electrons. The van der Waals surface area contributed by atoms with Gasteiger partial charge in [0.05, 0.1) is 25.8 Å². The molecule has 0 saturated heterocycles. The van der Waals surface area contributed by atoms with E-state index < -0.39 is 0 Å². The molecule has 3 aliphatic rings. The number of carbonyl (C=O) groups is 1. The topological polar surface area (TPSA) is 78.9 Å². The second kappa shape index (κ2) is 8.09. The summed E-state index contributed by atoms with van der Waals surface area (Å²) in [6, 6.07) is 15.6. The Hall–Kier alpha value is -4.00. The van der Waals surface area contributed by atoms with Crippen molar-refractivity contribution in [1.29, 1.82) is 0 Å². The number of ketones is 1. The molecule has 0 spiro atoms. The Labute approximate surface area is 197 Å². The van der Waals surface area contributed by atoms with Crippen LogP contribution in [0.1, 0.15) is 41.5 Å². The van der Waals surface area contributed by atoms with Crippen LogP contribution in [0.5, 0.6) is 23.0 Å². The Morgan fingerprint density at radius 2 is 1.79 bits per heavy atom. The number of hydrogen-bond acceptors (Lipinski definition) is 7. The molecule has 34 heavy (non-hydrogen) atoms. The zero-order valence-corrected chi connectivity index (χ0v) is 19.0. The van der Waals surface area contributed by atoms with E-state index in [0.29, 0.717) is 35.8 Å². The summed E-state index contributed by atoms with van der Waals surface area (Å²) in [7, 11) is 3.24. The highest BCUT2D eigenvalue weighted by Crippen LogP contribution is 2.51. The van der Waals surface area contributed by atoms with Crippen molar-refractivity contribution in [3.8, 4) is 23.0 Å². The summed E-state index contributed by atoms with van der Waals surface area (Å²) < 4.78 is 22.1. The van der Waals surface area contributed by atoms with Gasteiger partial charge in [0.25, 0.3) is 0 Å². The van der Waals surface area contributed by atoms with Gasteiger partial charge in [0, 0.05) is 35.6 Å². The number of rotatable bonds is 4. The zero-order valence-electron chi connectivity index (χ0n) is 19.0. The van der Waals surface area contributed by atoms with Crippen LogP contribution in [0, 0.1) is 0 Å². The van der Waals surface area contributed by atoms with Gasteiger partial charge in [-0.2, -0.15) is 0 Å². The Balaban J connectivity index is 1.44. The number of carbonyl (C=O) groups excluding carboxylic acids is 1. The predicted molar refractivity (Wildman–Crippen MR) is 126 cm³/mol. The number of nitrogens with zero attached hydrogens (tertiary/aromatic N) is 1. The van der Waals surface area contributed by atoms with E-state index in [-0.39, 0.29) is 24.4 Å². The van der Waals surface area contributed by atoms with Crippen molar-refractivity contribution in [2.24, 2.45) is 0 Å². The Kier molecular flexibility index (Phi) is 4.90. The molecule has 0 saturated carbocycles. The van der Waals surface area contributed by atoms with Crippen LogP contribution in [-0.4, -0.2) is 31.8 Å². The zero-order chi connectivity index (χ0) is 23.2. The van der Waals surface area contributed by atoms with E-state index in [1.807, 2.05) is 48.5 Å². The van der Waals surface area contributed by atoms with Gasteiger partial charge in [-0.25, -0.2) is 0 Å². The highest BCUT2D eigenvalue weighted by Gasteiger charge is 2.40. The molecule has 7 heteroatoms. The average molecular weight is 456 g/mol. The first-order valence-electron chi connectivity index (χ1n) is 11.3. The molecule has 0 amide bonds. The molecular weight excluding hydrogens is 432 g/mol. The van der Waals surface area contributed by atoms with Gasteiger partial charge >= 0.3 is 0 Å². The average Bonchev–Trinajstić information content (AvgIpc) is 3.33. The maximum absolute atomic E-state index is 13.7. The third kappa shape index (κ3) is 3.27. The first kappa shape index (κ1) is 20.6. The highest BCUT2D eigenvalue weighted by atomic mass is 16.7. The molecule has 1 aromatic heterocycles. The number of nitrogens with one attached hydrogen (secondary N) is 1. The van der Waals surface area contributed by atoms with Gasteiger partial charge in [0.1, 0.15) is 0 Å². The minimum absolute atomic E-state index is 0.0264. The quantitative estimate of drug-likeness (QED) is 0.605. The lowest BCUT2D eigenvalue weighted by molar-refractivity contribution is -0.116. The highest BCUT2D eigenvalue weighted by molar-refractivity contribution is 6.01. The first-order chi connectivity index (χ1) is 16.7. The van der Waals surface area contributed by atoms with E-state index in [0.717, 1.165) is 33.8 Å². The second-order valence-electron chi connectivity index (χ2n) is 8.64. The lowest BCUT2D eigenvalue weighted by atomic mass is 9.73. The molecule has 1 aliphatic carbocycles. The normalized spacial score (nSPS) is 20.4. The van der Waals surface area contributed by atoms with Crippen LogP contribution in [0.2, 0.25) is 0 Å². The summed E-state index contributed by atoms with van der Waals surface area (Å²) >= 11 is 0. The van der Waals surface area contributed by atoms with E-state index in [1.165, 1.54) is 0 Å². The number of methoxy groups -OCH3 is 2. The molecule has 0 fully saturated rings. The van der Waals surface area contributed by atoms with Crippen LogP contribution < -0.4 is 24.3 Å². The van der Waals surface area contributed by atoms with Crippen molar-refractivity contribution in [3.05, 3.63) is 82.8 Å². The van der Waals surface area contributed by atoms with Crippen molar-refractivity contribution >= 4 is 11.5 Å². The molecule has 6 rings (SSSR count). The fraction of sp³-hybridized carbons (Fsp3) is 0.259. The summed E-state index contributed by atoms with van der Waals surface area (Å²) in [5.41, 5.74) is 5.48. The van der Waals surface area contributed by atoms with Gasteiger partial charge in [0.2, 0.25) is 6.79 Å². The molecule has 0 bridgehead atoms. The molecule has 2 aromatic carbocycles. The fourth-order valence-corrected chi connectivity index (χ4v) is 5.20. The fourth-order valence-electron chi connectivity index (χ4n) is 5.20. The summed E-state index contributed by atoms with van der Waals surface area (Å²) in [5.74, 6) is 2.61. The van der Waals surface area contributed by atoms with Crippen molar-refractivity contribution in [2.45, 2.75) is 24.7 Å². The van der Waals surface area contributed by atoms with E-state index in [2.05, 4.69) is 10.3 Å². The second-order valence-corrected chi connectivity index (χ2v) is 8.64. The van der Waals surface area contributed by atoms with Gasteiger partial charge < -0.3 is 24.3 Å². The van der Waals surface area contributed by atoms with Crippen molar-refractivity contribution in [3.63, 3.8) is 0 Å². The number of pyridine rings is 1. The van der Waals surface area contributed by atoms with Gasteiger partial charge in [0.15, 0.2) is 28.8 Å². The summed E-state index contributed by atoms with van der Waals surface area (Å²) in [6.45, 7) is 0.194. The summed E-state index contributed by atoms with van der Waals surface area (Å²) in [5, 5.41) is 3.55. The number of ether oxygens (including phenoxy) is 4. The van der Waals surface area contributed by atoms with Crippen molar-refractivity contribution in [2.75, 3.05) is 26.3 Å². The monoisotopic (exact) mass is 456 g/mol. The van der Waals surface area contributed by atoms with Gasteiger partial charge in [-0.1, -0.05) is 12.1 Å². The van der Waals surface area contributed by atoms with Crippen LogP contribution in [0.15, 0.2) is 66.0 Å². The number of hydrogen-bond donors (Lipinski definition) is 1. The molecule has 7 nitrogen and oxygen atoms in total. The predicted octanol–water partition coefficient (Wildman–Crippen LogP) is 4.79. The number of anilines is 1. The van der Waals surface area contributed by atoms with E-state index in [1.54, 1.807) is 20.4 Å². The van der Waals surface area contributed by atoms with E-state index >= 15 is 0 Å². The summed E-state index contributed by atoms with van der Waals surface area (Å²) in [6.07, 6.45) is 2.89. The maximum atomic E-state index is 13.7. The third-order valence-electron chi connectivity index (χ3n) is 6.80. The van der Waals surface area contributed by atoms with Crippen LogP contribution >= 0.6 is 0 Å². The smallest absolute Gasteiger partial charge is 0.231 e. The Morgan fingerprint density at radius 1 is 0.971 bits per heavy atom. The minimum Gasteiger partial charge on any atom is -0.493 e. The summed E-state index contributed by atoms with van der Waals surface area (Å²) in [4.78, 5) is 18.3. The number of aromatic nitrogens is 1. The Bertz CT molecular complexity index is 1320. The van der Waals surface area contributed by atoms with Gasteiger partial charge in [-0.3, -0.25) is 9.78 Å². The molecule has 3 heterocycles. The molecule has 0 unspecified atom stereocenters. The van der Waals surface area contributed by atoms with E-state index in [9.17, 15) is 4.79 Å². The first-order valence-corrected chi connectivity index (χ1v) is 11.3. The van der Waals surface area contributed by atoms with Gasteiger partial charge in [-0.15, -0.1) is 0 Å². The van der Waals surface area contributed by atoms with Crippen molar-refractivity contribution < 1.29 is 23.7 Å². The largest absolute Gasteiger partial charge is 0.493 e. The van der Waals surface area contributed by atoms with E-state index in [4.69, 9.17) is 18.9 Å². The van der Waals surface area contributed by atoms with Gasteiger partial charge in [-0.05, 0) is 53.8 Å². The lowest BCUT2D eigenvalue weighted by Crippen LogP contribution is -2.30. The van der Waals surface area contributed by atoms with Crippen LogP contribution in [0.25, 0.3) is 0 Å². The SMILES string of the molecule is COc1ccc([C@@H]2CC(=O)C3=C(C2)Nc2cc4c(cc2[C@@H]3c2ccccn2)OCO4)cc1OC. The Morgan fingerprint density at radius 3 is 2.56 bits per heavy atom. The standard InChI is InChI=1S/C27H24N2O5/c1-31-22-7-6-15(11-23(22)32-2)16-9-20-27(21(30)10-16)26(18-5-3-4-8-28-18)17-12-24-25(34-14-33-24)13-19(17)29-20/h3-8,11-13,16,26,29H,9-10,14H2,1-2H3/t16-,26+/m0/s1. The van der Waals surface area contributed by atoms with Crippen LogP contribution in [-0.2, 0) is 4.79 Å². The maximum Gasteiger partial charge on any atom is 0.231 e.